The van der Waals surface area contributed by atoms with Gasteiger partial charge >= 0.3 is 0 Å². The van der Waals surface area contributed by atoms with Gasteiger partial charge in [-0.2, -0.15) is 0 Å². The van der Waals surface area contributed by atoms with E-state index in [4.69, 9.17) is 4.74 Å². The predicted octanol–water partition coefficient (Wildman–Crippen LogP) is 2.73. The van der Waals surface area contributed by atoms with Crippen molar-refractivity contribution < 1.29 is 14.9 Å². The number of nitrogens with zero attached hydrogens (tertiary/aromatic N) is 1. The zero-order valence-corrected chi connectivity index (χ0v) is 13.7. The van der Waals surface area contributed by atoms with Crippen LogP contribution in [0.15, 0.2) is 12.1 Å². The number of aromatic hydroxyl groups is 1. The smallest absolute Gasteiger partial charge is 0.160 e. The number of phenolic OH excluding ortho intramolecular Hbond substituents is 1. The van der Waals surface area contributed by atoms with Crippen LogP contribution in [0.2, 0.25) is 0 Å². The van der Waals surface area contributed by atoms with E-state index in [9.17, 15) is 10.2 Å². The first-order chi connectivity index (χ1) is 10.5. The number of benzene rings is 1. The van der Waals surface area contributed by atoms with Gasteiger partial charge in [-0.3, -0.25) is 4.90 Å². The lowest BCUT2D eigenvalue weighted by atomic mass is 9.79. The number of hydrogen-bond donors (Lipinski definition) is 2. The van der Waals surface area contributed by atoms with Gasteiger partial charge in [0.15, 0.2) is 11.5 Å². The molecule has 1 fully saturated rings. The molecule has 122 valence electrons. The second-order valence-corrected chi connectivity index (χ2v) is 7.18. The van der Waals surface area contributed by atoms with Crippen LogP contribution in [0, 0.1) is 11.8 Å². The van der Waals surface area contributed by atoms with Gasteiger partial charge in [0.1, 0.15) is 0 Å². The van der Waals surface area contributed by atoms with Crippen molar-refractivity contribution in [1.29, 1.82) is 0 Å². The molecule has 3 atom stereocenters. The third kappa shape index (κ3) is 2.82. The maximum atomic E-state index is 10.5. The second-order valence-electron chi connectivity index (χ2n) is 7.18. The lowest BCUT2D eigenvalue weighted by molar-refractivity contribution is -0.0191. The molecule has 22 heavy (non-hydrogen) atoms. The summed E-state index contributed by atoms with van der Waals surface area (Å²) in [6.07, 6.45) is 2.56. The highest BCUT2D eigenvalue weighted by atomic mass is 16.5. The molecule has 0 radical (unpaired) electrons. The van der Waals surface area contributed by atoms with E-state index in [2.05, 4.69) is 18.7 Å². The van der Waals surface area contributed by atoms with Gasteiger partial charge in [-0.05, 0) is 54.4 Å². The number of aliphatic hydroxyl groups is 1. The minimum Gasteiger partial charge on any atom is -0.504 e. The molecule has 0 spiro atoms. The Morgan fingerprint density at radius 3 is 2.82 bits per heavy atom. The molecule has 0 aliphatic carbocycles. The summed E-state index contributed by atoms with van der Waals surface area (Å²) in [6.45, 7) is 6.41. The molecule has 4 heteroatoms. The van der Waals surface area contributed by atoms with Crippen LogP contribution in [0.4, 0.5) is 0 Å². The lowest BCUT2D eigenvalue weighted by Gasteiger charge is -2.46. The number of aliphatic hydroxyl groups excluding tert-OH is 1. The quantitative estimate of drug-likeness (QED) is 0.901. The van der Waals surface area contributed by atoms with Crippen LogP contribution in [0.5, 0.6) is 11.5 Å². The molecule has 2 heterocycles. The Morgan fingerprint density at radius 2 is 2.14 bits per heavy atom. The standard InChI is InChI=1S/C18H27NO3/c1-11(2)6-13-10-19-5-4-12-7-18(22-3)17(21)8-14(12)15(19)9-16(13)20/h7-8,11,13,15-16,20-21H,4-6,9-10H2,1-3H3/t13?,15-,16+/m1/s1. The van der Waals surface area contributed by atoms with E-state index < -0.39 is 0 Å². The van der Waals surface area contributed by atoms with E-state index in [1.807, 2.05) is 12.1 Å². The molecule has 2 aliphatic heterocycles. The van der Waals surface area contributed by atoms with Gasteiger partial charge in [0.2, 0.25) is 0 Å². The first-order valence-corrected chi connectivity index (χ1v) is 8.31. The molecule has 0 amide bonds. The van der Waals surface area contributed by atoms with E-state index in [1.54, 1.807) is 7.11 Å². The molecular formula is C18H27NO3. The molecule has 1 aromatic rings. The van der Waals surface area contributed by atoms with Crippen molar-refractivity contribution in [3.05, 3.63) is 23.3 Å². The van der Waals surface area contributed by atoms with Gasteiger partial charge in [-0.25, -0.2) is 0 Å². The second kappa shape index (κ2) is 6.09. The van der Waals surface area contributed by atoms with E-state index in [1.165, 1.54) is 5.56 Å². The number of fused-ring (bicyclic) bond motifs is 3. The first-order valence-electron chi connectivity index (χ1n) is 8.31. The molecule has 1 saturated heterocycles. The molecule has 1 unspecified atom stereocenters. The Labute approximate surface area is 132 Å². The summed E-state index contributed by atoms with van der Waals surface area (Å²) in [5.41, 5.74) is 2.40. The summed E-state index contributed by atoms with van der Waals surface area (Å²) in [4.78, 5) is 2.48. The maximum absolute atomic E-state index is 10.5. The Kier molecular flexibility index (Phi) is 4.33. The van der Waals surface area contributed by atoms with Crippen molar-refractivity contribution in [2.75, 3.05) is 20.2 Å². The average Bonchev–Trinajstić information content (AvgIpc) is 2.47. The number of methoxy groups -OCH3 is 1. The van der Waals surface area contributed by atoms with Crippen molar-refractivity contribution in [2.24, 2.45) is 11.8 Å². The SMILES string of the molecule is COc1cc2c(cc1O)[C@H]1C[C@H](O)C(CC(C)C)CN1CC2. The third-order valence-corrected chi connectivity index (χ3v) is 5.16. The normalized spacial score (nSPS) is 28.3. The highest BCUT2D eigenvalue weighted by Gasteiger charge is 2.38. The van der Waals surface area contributed by atoms with Crippen LogP contribution >= 0.6 is 0 Å². The molecule has 3 rings (SSSR count). The zero-order chi connectivity index (χ0) is 15.9. The van der Waals surface area contributed by atoms with Gasteiger partial charge in [-0.1, -0.05) is 13.8 Å². The predicted molar refractivity (Wildman–Crippen MR) is 86.2 cm³/mol. The summed E-state index contributed by atoms with van der Waals surface area (Å²) in [6, 6.07) is 4.01. The third-order valence-electron chi connectivity index (χ3n) is 5.16. The van der Waals surface area contributed by atoms with Crippen molar-refractivity contribution >= 4 is 0 Å². The maximum Gasteiger partial charge on any atom is 0.160 e. The number of hydrogen-bond acceptors (Lipinski definition) is 4. The van der Waals surface area contributed by atoms with Crippen LogP contribution in [-0.2, 0) is 6.42 Å². The summed E-state index contributed by atoms with van der Waals surface area (Å²) in [7, 11) is 1.58. The van der Waals surface area contributed by atoms with Gasteiger partial charge < -0.3 is 14.9 Å². The molecule has 0 bridgehead atoms. The fourth-order valence-corrected chi connectivity index (χ4v) is 4.11. The average molecular weight is 305 g/mol. The van der Waals surface area contributed by atoms with E-state index in [0.29, 0.717) is 17.6 Å². The van der Waals surface area contributed by atoms with Gasteiger partial charge in [0.25, 0.3) is 0 Å². The zero-order valence-electron chi connectivity index (χ0n) is 13.7. The van der Waals surface area contributed by atoms with Crippen LogP contribution in [0.3, 0.4) is 0 Å². The Bertz CT molecular complexity index is 543. The molecular weight excluding hydrogens is 278 g/mol. The molecule has 0 saturated carbocycles. The minimum atomic E-state index is -0.251. The highest BCUT2D eigenvalue weighted by Crippen LogP contribution is 2.43. The van der Waals surface area contributed by atoms with Crippen molar-refractivity contribution in [2.45, 2.75) is 45.3 Å². The van der Waals surface area contributed by atoms with Crippen LogP contribution < -0.4 is 4.74 Å². The van der Waals surface area contributed by atoms with Crippen molar-refractivity contribution in [3.8, 4) is 11.5 Å². The number of piperidine rings is 1. The van der Waals surface area contributed by atoms with E-state index in [-0.39, 0.29) is 17.9 Å². The fourth-order valence-electron chi connectivity index (χ4n) is 4.11. The molecule has 2 N–H and O–H groups in total. The Morgan fingerprint density at radius 1 is 1.36 bits per heavy atom. The summed E-state index contributed by atoms with van der Waals surface area (Å²) in [5.74, 6) is 1.72. The van der Waals surface area contributed by atoms with Gasteiger partial charge in [0, 0.05) is 19.1 Å². The fraction of sp³-hybridized carbons (Fsp3) is 0.667. The molecule has 0 aromatic heterocycles. The monoisotopic (exact) mass is 305 g/mol. The summed E-state index contributed by atoms with van der Waals surface area (Å²) >= 11 is 0. The number of rotatable bonds is 3. The minimum absolute atomic E-state index is 0.196. The van der Waals surface area contributed by atoms with Crippen LogP contribution in [-0.4, -0.2) is 41.4 Å². The Balaban J connectivity index is 1.85. The highest BCUT2D eigenvalue weighted by molar-refractivity contribution is 5.48. The van der Waals surface area contributed by atoms with E-state index in [0.717, 1.165) is 37.9 Å². The van der Waals surface area contributed by atoms with Crippen LogP contribution in [0.25, 0.3) is 0 Å². The Hall–Kier alpha value is -1.26. The topological polar surface area (TPSA) is 52.9 Å². The van der Waals surface area contributed by atoms with Crippen molar-refractivity contribution in [3.63, 3.8) is 0 Å². The summed E-state index contributed by atoms with van der Waals surface area (Å²) < 4.78 is 5.22. The van der Waals surface area contributed by atoms with Gasteiger partial charge in [-0.15, -0.1) is 0 Å². The molecule has 2 aliphatic rings. The largest absolute Gasteiger partial charge is 0.504 e. The number of phenols is 1. The van der Waals surface area contributed by atoms with Crippen molar-refractivity contribution in [1.82, 2.24) is 4.90 Å². The number of ether oxygens (including phenoxy) is 1. The van der Waals surface area contributed by atoms with E-state index >= 15 is 0 Å². The van der Waals surface area contributed by atoms with Crippen LogP contribution in [0.1, 0.15) is 43.9 Å². The molecule has 4 nitrogen and oxygen atoms in total. The van der Waals surface area contributed by atoms with Gasteiger partial charge in [0.05, 0.1) is 13.2 Å². The summed E-state index contributed by atoms with van der Waals surface area (Å²) in [5, 5.41) is 20.6. The lowest BCUT2D eigenvalue weighted by Crippen LogP contribution is -2.48. The first kappa shape index (κ1) is 15.6. The molecule has 1 aromatic carbocycles.